The fourth-order valence-electron chi connectivity index (χ4n) is 4.56. The molecule has 0 aliphatic carbocycles. The number of imidazole rings is 1. The molecule has 2 aliphatic heterocycles. The average molecular weight is 427 g/mol. The number of alkyl halides is 2. The lowest BCUT2D eigenvalue weighted by Gasteiger charge is -2.43. The first-order valence-corrected chi connectivity index (χ1v) is 10.1. The number of nitrogens with one attached hydrogen (secondary N) is 1. The smallest absolute Gasteiger partial charge is 0.147 e. The Labute approximate surface area is 180 Å². The van der Waals surface area contributed by atoms with Crippen LogP contribution in [-0.4, -0.2) is 61.6 Å². The van der Waals surface area contributed by atoms with E-state index in [1.807, 2.05) is 6.07 Å². The number of hydrogen-bond donors (Lipinski definition) is 2. The highest BCUT2D eigenvalue weighted by molar-refractivity contribution is 5.68. The van der Waals surface area contributed by atoms with Gasteiger partial charge in [0.25, 0.3) is 0 Å². The molecule has 0 saturated carbocycles. The number of phenols is 1. The van der Waals surface area contributed by atoms with Gasteiger partial charge in [0.05, 0.1) is 41.7 Å². The second-order valence-corrected chi connectivity index (χ2v) is 8.45. The second-order valence-electron chi connectivity index (χ2n) is 8.45. The largest absolute Gasteiger partial charge is 0.507 e. The van der Waals surface area contributed by atoms with Crippen molar-refractivity contribution in [3.63, 3.8) is 0 Å². The summed E-state index contributed by atoms with van der Waals surface area (Å²) in [6.45, 7) is 1.63. The minimum absolute atomic E-state index is 0.00134. The number of fused-ring (bicyclic) bond motifs is 2. The first-order chi connectivity index (χ1) is 15.2. The van der Waals surface area contributed by atoms with E-state index in [0.717, 1.165) is 5.69 Å². The number of benzene rings is 1. The number of piperidine rings is 1. The van der Waals surface area contributed by atoms with Crippen LogP contribution in [0.1, 0.15) is 21.1 Å². The van der Waals surface area contributed by atoms with Gasteiger partial charge in [-0.05, 0) is 25.5 Å². The zero-order chi connectivity index (χ0) is 22.7. The zero-order valence-electron chi connectivity index (χ0n) is 18.2. The molecule has 2 aromatic heterocycles. The minimum Gasteiger partial charge on any atom is -0.507 e. The van der Waals surface area contributed by atoms with Gasteiger partial charge in [-0.3, -0.25) is 4.98 Å². The molecule has 31 heavy (non-hydrogen) atoms. The highest BCUT2D eigenvalue weighted by atomic mass is 19.1. The predicted molar refractivity (Wildman–Crippen MR) is 113 cm³/mol. The maximum Gasteiger partial charge on any atom is 0.147 e. The van der Waals surface area contributed by atoms with Gasteiger partial charge in [0.1, 0.15) is 23.9 Å². The van der Waals surface area contributed by atoms with Gasteiger partial charge < -0.3 is 19.9 Å². The zero-order valence-corrected chi connectivity index (χ0v) is 17.2. The van der Waals surface area contributed by atoms with Crippen molar-refractivity contribution in [1.82, 2.24) is 24.8 Å². The number of anilines is 1. The molecule has 0 spiro atoms. The molecule has 5 atom stereocenters. The fraction of sp³-hybridized carbons (Fsp3) is 0.409. The van der Waals surface area contributed by atoms with Crippen LogP contribution in [0.3, 0.4) is 0 Å². The standard InChI is InChI=1S/C22H24F2N6O/c1-22-9-15(23)16(28-22)8-18(21(22)24)29(2)20-11-26-17(10-27-20)14-4-3-13(7-19(14)31)30-6-5-25-12-30/h3-7,10-12,15-16,18,21,28,31H,8-9H2,1-2H3/t15-,16+,18-,21+,22+/m1/s1/i16D. The fourth-order valence-corrected chi connectivity index (χ4v) is 4.56. The van der Waals surface area contributed by atoms with Gasteiger partial charge >= 0.3 is 0 Å². The van der Waals surface area contributed by atoms with E-state index in [1.54, 1.807) is 54.3 Å². The molecule has 7 nitrogen and oxygen atoms in total. The molecule has 0 radical (unpaired) electrons. The normalized spacial score (nSPS) is 32.6. The third-order valence-corrected chi connectivity index (χ3v) is 6.36. The summed E-state index contributed by atoms with van der Waals surface area (Å²) in [6.07, 6.45) is 5.25. The van der Waals surface area contributed by atoms with Gasteiger partial charge in [-0.2, -0.15) is 0 Å². The van der Waals surface area contributed by atoms with E-state index >= 15 is 4.39 Å². The Morgan fingerprint density at radius 3 is 2.84 bits per heavy atom. The van der Waals surface area contributed by atoms with Crippen LogP contribution >= 0.6 is 0 Å². The summed E-state index contributed by atoms with van der Waals surface area (Å²) in [6, 6.07) is 2.97. The quantitative estimate of drug-likeness (QED) is 0.666. The summed E-state index contributed by atoms with van der Waals surface area (Å²) in [5, 5.41) is 13.3. The minimum atomic E-state index is -1.51. The van der Waals surface area contributed by atoms with Crippen LogP contribution in [0.5, 0.6) is 5.75 Å². The van der Waals surface area contributed by atoms with Gasteiger partial charge in [-0.15, -0.1) is 0 Å². The van der Waals surface area contributed by atoms with Crippen molar-refractivity contribution in [3.05, 3.63) is 49.3 Å². The molecule has 2 bridgehead atoms. The molecule has 162 valence electrons. The van der Waals surface area contributed by atoms with Crippen molar-refractivity contribution in [2.24, 2.45) is 0 Å². The van der Waals surface area contributed by atoms with Crippen molar-refractivity contribution in [1.29, 1.82) is 0 Å². The summed E-state index contributed by atoms with van der Waals surface area (Å²) >= 11 is 0. The molecule has 2 saturated heterocycles. The lowest BCUT2D eigenvalue weighted by molar-refractivity contribution is 0.111. The molecule has 0 unspecified atom stereocenters. The van der Waals surface area contributed by atoms with Crippen molar-refractivity contribution in [2.75, 3.05) is 11.9 Å². The average Bonchev–Trinajstić information content (AvgIpc) is 3.37. The van der Waals surface area contributed by atoms with Crippen LogP contribution < -0.4 is 10.2 Å². The van der Waals surface area contributed by atoms with E-state index in [0.29, 0.717) is 17.1 Å². The molecule has 5 rings (SSSR count). The van der Waals surface area contributed by atoms with Crippen LogP contribution in [-0.2, 0) is 0 Å². The van der Waals surface area contributed by atoms with Gasteiger partial charge in [0.15, 0.2) is 0 Å². The predicted octanol–water partition coefficient (Wildman–Crippen LogP) is 3.04. The van der Waals surface area contributed by atoms with E-state index in [2.05, 4.69) is 20.3 Å². The van der Waals surface area contributed by atoms with Crippen molar-refractivity contribution in [3.8, 4) is 22.7 Å². The van der Waals surface area contributed by atoms with E-state index < -0.39 is 29.9 Å². The highest BCUT2D eigenvalue weighted by Gasteiger charge is 2.55. The summed E-state index contributed by atoms with van der Waals surface area (Å²) in [4.78, 5) is 14.4. The number of phenolic OH excluding ortho intramolecular Hbond substituents is 1. The number of halogens is 2. The van der Waals surface area contributed by atoms with Gasteiger partial charge in [0.2, 0.25) is 0 Å². The Morgan fingerprint density at radius 2 is 2.16 bits per heavy atom. The van der Waals surface area contributed by atoms with Gasteiger partial charge in [0, 0.05) is 44.9 Å². The van der Waals surface area contributed by atoms with Crippen molar-refractivity contribution < 1.29 is 15.3 Å². The Morgan fingerprint density at radius 1 is 1.32 bits per heavy atom. The summed E-state index contributed by atoms with van der Waals surface area (Å²) < 4.78 is 39.9. The SMILES string of the molecule is [2H][C@]12C[C@@H](N(C)c3cnc(-c4ccc(-n5ccnc5)cc4O)cn3)[C@H](F)[C@](C)(C[C@H]1F)N2. The summed E-state index contributed by atoms with van der Waals surface area (Å²) in [7, 11) is 1.68. The lowest BCUT2D eigenvalue weighted by Crippen LogP contribution is -2.62. The first kappa shape index (κ1) is 18.7. The third kappa shape index (κ3) is 3.33. The second kappa shape index (κ2) is 7.26. The van der Waals surface area contributed by atoms with E-state index in [9.17, 15) is 9.50 Å². The Bertz CT molecular complexity index is 1130. The number of rotatable bonds is 4. The van der Waals surface area contributed by atoms with Crippen LogP contribution in [0.2, 0.25) is 0 Å². The molecule has 1 aromatic carbocycles. The maximum absolute atomic E-state index is 15.3. The molecule has 9 heteroatoms. The van der Waals surface area contributed by atoms with E-state index in [4.69, 9.17) is 1.37 Å². The highest BCUT2D eigenvalue weighted by Crippen LogP contribution is 2.41. The van der Waals surface area contributed by atoms with Gasteiger partial charge in [-0.1, -0.05) is 0 Å². The molecule has 4 heterocycles. The Kier molecular flexibility index (Phi) is 4.38. The molecular formula is C22H24F2N6O. The Hall–Kier alpha value is -3.07. The van der Waals surface area contributed by atoms with E-state index in [1.165, 1.54) is 12.4 Å². The van der Waals surface area contributed by atoms with Crippen LogP contribution in [0.15, 0.2) is 49.3 Å². The van der Waals surface area contributed by atoms with Crippen molar-refractivity contribution >= 4 is 5.82 Å². The molecule has 0 amide bonds. The molecular weight excluding hydrogens is 402 g/mol. The molecule has 3 aromatic rings. The Balaban J connectivity index is 1.38. The van der Waals surface area contributed by atoms with E-state index in [-0.39, 0.29) is 18.6 Å². The number of hydrogen-bond acceptors (Lipinski definition) is 6. The molecule has 2 aliphatic rings. The summed E-state index contributed by atoms with van der Waals surface area (Å²) in [5.41, 5.74) is 0.643. The number of aromatic nitrogens is 4. The lowest BCUT2D eigenvalue weighted by atomic mass is 9.86. The number of aromatic hydroxyl groups is 1. The third-order valence-electron chi connectivity index (χ3n) is 6.36. The van der Waals surface area contributed by atoms with Crippen molar-refractivity contribution in [2.45, 2.75) is 49.7 Å². The first-order valence-electron chi connectivity index (χ1n) is 10.6. The summed E-state index contributed by atoms with van der Waals surface area (Å²) in [5.74, 6) is 0.461. The van der Waals surface area contributed by atoms with Crippen LogP contribution in [0, 0.1) is 0 Å². The van der Waals surface area contributed by atoms with Crippen LogP contribution in [0.4, 0.5) is 14.6 Å². The monoisotopic (exact) mass is 427 g/mol. The van der Waals surface area contributed by atoms with Crippen LogP contribution in [0.25, 0.3) is 16.9 Å². The molecule has 2 fully saturated rings. The topological polar surface area (TPSA) is 79.1 Å². The molecule has 2 N–H and O–H groups in total. The maximum atomic E-state index is 15.3. The number of nitrogens with zero attached hydrogens (tertiary/aromatic N) is 5. The van der Waals surface area contributed by atoms with Gasteiger partial charge in [-0.25, -0.2) is 18.7 Å².